The zero-order valence-electron chi connectivity index (χ0n) is 12.4. The maximum Gasteiger partial charge on any atom is 0.0366 e. The first-order valence-electron chi connectivity index (χ1n) is 7.25. The second-order valence-corrected chi connectivity index (χ2v) is 6.55. The normalized spacial score (nSPS) is 16.4. The van der Waals surface area contributed by atoms with Crippen molar-refractivity contribution in [1.29, 1.82) is 0 Å². The highest BCUT2D eigenvalue weighted by Crippen LogP contribution is 2.21. The third-order valence-electron chi connectivity index (χ3n) is 3.92. The summed E-state index contributed by atoms with van der Waals surface area (Å²) in [7, 11) is 2.20. The molecule has 1 aromatic rings. The number of benzene rings is 1. The van der Waals surface area contributed by atoms with Crippen molar-refractivity contribution in [3.63, 3.8) is 0 Å². The summed E-state index contributed by atoms with van der Waals surface area (Å²) >= 11 is 1.93. The molecule has 0 aliphatic heterocycles. The quantitative estimate of drug-likeness (QED) is 0.783. The van der Waals surface area contributed by atoms with Gasteiger partial charge in [0.1, 0.15) is 0 Å². The molecule has 0 bridgehead atoms. The Morgan fingerprint density at radius 3 is 2.58 bits per heavy atom. The Bertz CT molecular complexity index is 373. The molecule has 3 heteroatoms. The van der Waals surface area contributed by atoms with Crippen LogP contribution in [0, 0.1) is 0 Å². The number of hydrogen-bond acceptors (Lipinski definition) is 3. The summed E-state index contributed by atoms with van der Waals surface area (Å²) in [6.07, 6.45) is 6.12. The number of anilines is 1. The van der Waals surface area contributed by atoms with E-state index in [0.29, 0.717) is 6.04 Å². The average molecular weight is 278 g/mol. The molecule has 1 fully saturated rings. The van der Waals surface area contributed by atoms with E-state index in [1.165, 1.54) is 36.3 Å². The molecule has 2 rings (SSSR count). The largest absolute Gasteiger partial charge is 0.372 e. The van der Waals surface area contributed by atoms with E-state index in [4.69, 9.17) is 0 Å². The topological polar surface area (TPSA) is 15.3 Å². The molecule has 1 N–H and O–H groups in total. The van der Waals surface area contributed by atoms with Gasteiger partial charge in [-0.25, -0.2) is 0 Å². The Hall–Kier alpha value is -0.670. The Morgan fingerprint density at radius 1 is 1.32 bits per heavy atom. The van der Waals surface area contributed by atoms with Gasteiger partial charge in [-0.05, 0) is 55.9 Å². The van der Waals surface area contributed by atoms with Gasteiger partial charge in [0.2, 0.25) is 0 Å². The smallest absolute Gasteiger partial charge is 0.0366 e. The van der Waals surface area contributed by atoms with E-state index in [-0.39, 0.29) is 0 Å². The molecule has 1 saturated carbocycles. The maximum absolute atomic E-state index is 3.56. The minimum atomic E-state index is 0.600. The van der Waals surface area contributed by atoms with Crippen molar-refractivity contribution in [2.75, 3.05) is 24.0 Å². The van der Waals surface area contributed by atoms with Crippen molar-refractivity contribution in [1.82, 2.24) is 5.32 Å². The summed E-state index contributed by atoms with van der Waals surface area (Å²) in [5.41, 5.74) is 2.71. The predicted molar refractivity (Wildman–Crippen MR) is 87.2 cm³/mol. The van der Waals surface area contributed by atoms with E-state index in [1.54, 1.807) is 0 Å². The predicted octanol–water partition coefficient (Wildman–Crippen LogP) is 3.52. The lowest BCUT2D eigenvalue weighted by Gasteiger charge is -2.27. The molecule has 0 spiro atoms. The molecule has 19 heavy (non-hydrogen) atoms. The lowest BCUT2D eigenvalue weighted by Crippen LogP contribution is -2.29. The van der Waals surface area contributed by atoms with Gasteiger partial charge in [-0.2, -0.15) is 11.8 Å². The zero-order valence-corrected chi connectivity index (χ0v) is 13.2. The Morgan fingerprint density at radius 2 is 2.00 bits per heavy atom. The van der Waals surface area contributed by atoms with Crippen LogP contribution in [0.1, 0.15) is 31.7 Å². The Balaban J connectivity index is 1.85. The van der Waals surface area contributed by atoms with Crippen molar-refractivity contribution in [3.8, 4) is 0 Å². The van der Waals surface area contributed by atoms with E-state index in [9.17, 15) is 0 Å². The molecular weight excluding hydrogens is 252 g/mol. The molecule has 0 radical (unpaired) electrons. The van der Waals surface area contributed by atoms with Crippen LogP contribution in [0.25, 0.3) is 0 Å². The van der Waals surface area contributed by atoms with E-state index in [0.717, 1.165) is 12.6 Å². The molecule has 1 unspecified atom stereocenters. The van der Waals surface area contributed by atoms with Crippen molar-refractivity contribution in [2.24, 2.45) is 0 Å². The fraction of sp³-hybridized carbons (Fsp3) is 0.625. The van der Waals surface area contributed by atoms with Crippen molar-refractivity contribution >= 4 is 17.4 Å². The summed E-state index contributed by atoms with van der Waals surface area (Å²) in [5.74, 6) is 1.23. The van der Waals surface area contributed by atoms with Crippen LogP contribution in [-0.2, 0) is 6.54 Å². The number of thioether (sulfide) groups is 1. The van der Waals surface area contributed by atoms with Crippen LogP contribution in [0.3, 0.4) is 0 Å². The van der Waals surface area contributed by atoms with E-state index < -0.39 is 0 Å². The van der Waals surface area contributed by atoms with Crippen molar-refractivity contribution in [2.45, 2.75) is 44.8 Å². The summed E-state index contributed by atoms with van der Waals surface area (Å²) in [6.45, 7) is 3.31. The fourth-order valence-corrected chi connectivity index (χ4v) is 2.71. The minimum absolute atomic E-state index is 0.600. The molecule has 1 aromatic carbocycles. The van der Waals surface area contributed by atoms with Crippen LogP contribution in [-0.4, -0.2) is 31.1 Å². The van der Waals surface area contributed by atoms with Gasteiger partial charge in [0.15, 0.2) is 0 Å². The highest BCUT2D eigenvalue weighted by atomic mass is 32.2. The van der Waals surface area contributed by atoms with Gasteiger partial charge in [0.05, 0.1) is 0 Å². The summed E-state index contributed by atoms with van der Waals surface area (Å²) in [5, 5.41) is 3.56. The van der Waals surface area contributed by atoms with Gasteiger partial charge >= 0.3 is 0 Å². The van der Waals surface area contributed by atoms with Gasteiger partial charge in [-0.15, -0.1) is 0 Å². The van der Waals surface area contributed by atoms with Gasteiger partial charge in [0, 0.05) is 31.4 Å². The lowest BCUT2D eigenvalue weighted by atomic mass is 10.1. The van der Waals surface area contributed by atoms with Gasteiger partial charge in [-0.1, -0.05) is 12.1 Å². The summed E-state index contributed by atoms with van der Waals surface area (Å²) in [6, 6.07) is 10.4. The highest BCUT2D eigenvalue weighted by Gasteiger charge is 2.19. The first kappa shape index (κ1) is 14.7. The molecule has 0 amide bonds. The number of nitrogens with one attached hydrogen (secondary N) is 1. The molecule has 0 aromatic heterocycles. The zero-order chi connectivity index (χ0) is 13.7. The van der Waals surface area contributed by atoms with Crippen LogP contribution in [0.5, 0.6) is 0 Å². The lowest BCUT2D eigenvalue weighted by molar-refractivity contribution is 0.668. The van der Waals surface area contributed by atoms with E-state index in [2.05, 4.69) is 54.7 Å². The number of nitrogens with zero attached hydrogens (tertiary/aromatic N) is 1. The summed E-state index contributed by atoms with van der Waals surface area (Å²) < 4.78 is 0. The third kappa shape index (κ3) is 4.73. The fourth-order valence-electron chi connectivity index (χ4n) is 2.14. The van der Waals surface area contributed by atoms with Crippen molar-refractivity contribution in [3.05, 3.63) is 29.8 Å². The summed E-state index contributed by atoms with van der Waals surface area (Å²) in [4.78, 5) is 2.38. The molecule has 0 heterocycles. The highest BCUT2D eigenvalue weighted by molar-refractivity contribution is 7.98. The molecule has 1 aliphatic carbocycles. The van der Waals surface area contributed by atoms with Gasteiger partial charge in [-0.3, -0.25) is 0 Å². The number of hydrogen-bond donors (Lipinski definition) is 1. The van der Waals surface area contributed by atoms with Crippen LogP contribution in [0.2, 0.25) is 0 Å². The van der Waals surface area contributed by atoms with E-state index >= 15 is 0 Å². The second kappa shape index (κ2) is 7.20. The molecule has 106 valence electrons. The van der Waals surface area contributed by atoms with E-state index in [1.807, 2.05) is 11.8 Å². The second-order valence-electron chi connectivity index (χ2n) is 5.56. The Kier molecular flexibility index (Phi) is 5.59. The molecule has 0 saturated heterocycles. The van der Waals surface area contributed by atoms with Crippen LogP contribution in [0.15, 0.2) is 24.3 Å². The monoisotopic (exact) mass is 278 g/mol. The first-order valence-corrected chi connectivity index (χ1v) is 8.64. The third-order valence-corrected chi connectivity index (χ3v) is 4.56. The van der Waals surface area contributed by atoms with Crippen LogP contribution >= 0.6 is 11.8 Å². The average Bonchev–Trinajstić information content (AvgIpc) is 3.26. The molecule has 2 nitrogen and oxygen atoms in total. The van der Waals surface area contributed by atoms with Gasteiger partial charge in [0.25, 0.3) is 0 Å². The number of rotatable bonds is 8. The Labute approximate surface area is 122 Å². The molecule has 1 atom stereocenters. The minimum Gasteiger partial charge on any atom is -0.372 e. The standard InChI is InChI=1S/C16H26N2S/c1-13(10-11-19-3)18(2)16-8-4-14(5-9-16)12-17-15-6-7-15/h4-5,8-9,13,15,17H,6-7,10-12H2,1-3H3. The first-order chi connectivity index (χ1) is 9.20. The van der Waals surface area contributed by atoms with Crippen LogP contribution in [0.4, 0.5) is 5.69 Å². The molecular formula is C16H26N2S. The van der Waals surface area contributed by atoms with Gasteiger partial charge < -0.3 is 10.2 Å². The molecule has 1 aliphatic rings. The maximum atomic E-state index is 3.56. The SMILES string of the molecule is CSCCC(C)N(C)c1ccc(CNC2CC2)cc1. The van der Waals surface area contributed by atoms with Crippen molar-refractivity contribution < 1.29 is 0 Å². The van der Waals surface area contributed by atoms with Crippen LogP contribution < -0.4 is 10.2 Å².